The average Bonchev–Trinajstić information content (AvgIpc) is 2.54. The number of amides is 1. The Kier molecular flexibility index (Phi) is 8.81. The number of halogens is 2. The van der Waals surface area contributed by atoms with Crippen molar-refractivity contribution in [1.82, 2.24) is 0 Å². The molecule has 1 atom stereocenters. The highest BCUT2D eigenvalue weighted by Crippen LogP contribution is 2.34. The van der Waals surface area contributed by atoms with Crippen molar-refractivity contribution in [1.29, 1.82) is 0 Å². The number of esters is 1. The van der Waals surface area contributed by atoms with Gasteiger partial charge in [0.1, 0.15) is 11.1 Å². The van der Waals surface area contributed by atoms with Gasteiger partial charge in [0, 0.05) is 14.3 Å². The number of unbranched alkanes of at least 4 members (excludes halogenated alkanes) is 1. The first kappa shape index (κ1) is 20.5. The lowest BCUT2D eigenvalue weighted by atomic mass is 10.2. The average molecular weight is 418 g/mol. The lowest BCUT2D eigenvalue weighted by Crippen LogP contribution is -2.20. The Bertz CT molecular complexity index is 666. The van der Waals surface area contributed by atoms with Gasteiger partial charge in [0.05, 0.1) is 12.2 Å². The van der Waals surface area contributed by atoms with Gasteiger partial charge in [0.2, 0.25) is 0 Å². The maximum atomic E-state index is 13.9. The summed E-state index contributed by atoms with van der Waals surface area (Å²) >= 11 is 4.38. The second-order valence-corrected chi connectivity index (χ2v) is 6.89. The Morgan fingerprint density at radius 3 is 2.75 bits per heavy atom. The van der Waals surface area contributed by atoms with E-state index in [1.165, 1.54) is 6.07 Å². The smallest absolute Gasteiger partial charge is 0.319 e. The molecule has 1 amide bonds. The number of azide groups is 1. The summed E-state index contributed by atoms with van der Waals surface area (Å²) in [6.45, 7) is 4.19. The maximum Gasteiger partial charge on any atom is 0.319 e. The minimum Gasteiger partial charge on any atom is -0.465 e. The van der Waals surface area contributed by atoms with Crippen molar-refractivity contribution in [2.45, 2.75) is 43.3 Å². The van der Waals surface area contributed by atoms with Crippen molar-refractivity contribution in [2.75, 3.05) is 6.61 Å². The summed E-state index contributed by atoms with van der Waals surface area (Å²) in [6.07, 6.45) is 2.22. The first-order valence-electron chi connectivity index (χ1n) is 7.36. The number of rotatable bonds is 8. The van der Waals surface area contributed by atoms with E-state index in [0.717, 1.165) is 30.7 Å². The predicted molar refractivity (Wildman–Crippen MR) is 93.4 cm³/mol. The Labute approximate surface area is 151 Å². The van der Waals surface area contributed by atoms with Crippen molar-refractivity contribution in [3.63, 3.8) is 0 Å². The lowest BCUT2D eigenvalue weighted by Gasteiger charge is -2.15. The van der Waals surface area contributed by atoms with Gasteiger partial charge in [-0.15, -0.1) is 11.8 Å². The molecule has 0 saturated heterocycles. The van der Waals surface area contributed by atoms with Gasteiger partial charge in [0.15, 0.2) is 0 Å². The minimum absolute atomic E-state index is 0.340. The van der Waals surface area contributed by atoms with Crippen molar-refractivity contribution >= 4 is 39.6 Å². The first-order valence-corrected chi connectivity index (χ1v) is 9.03. The summed E-state index contributed by atoms with van der Waals surface area (Å²) in [5.74, 6) is -2.17. The van der Waals surface area contributed by atoms with Crippen LogP contribution in [0, 0.1) is 5.82 Å². The van der Waals surface area contributed by atoms with Crippen LogP contribution in [0.4, 0.5) is 4.39 Å². The number of hydrogen-bond donors (Lipinski definition) is 0. The molecule has 0 aliphatic carbocycles. The summed E-state index contributed by atoms with van der Waals surface area (Å²) in [5, 5.41) is 2.42. The van der Waals surface area contributed by atoms with Crippen LogP contribution in [0.3, 0.4) is 0 Å². The van der Waals surface area contributed by atoms with Crippen LogP contribution in [0.2, 0.25) is 0 Å². The molecule has 0 aliphatic rings. The van der Waals surface area contributed by atoms with Gasteiger partial charge in [-0.05, 0) is 51.5 Å². The van der Waals surface area contributed by atoms with E-state index in [9.17, 15) is 14.0 Å². The third kappa shape index (κ3) is 5.81. The maximum absolute atomic E-state index is 13.9. The van der Waals surface area contributed by atoms with Gasteiger partial charge >= 0.3 is 5.97 Å². The highest BCUT2D eigenvalue weighted by Gasteiger charge is 2.22. The van der Waals surface area contributed by atoms with Gasteiger partial charge in [0.25, 0.3) is 5.91 Å². The molecule has 0 aliphatic heterocycles. The summed E-state index contributed by atoms with van der Waals surface area (Å²) < 4.78 is 19.5. The largest absolute Gasteiger partial charge is 0.465 e. The molecule has 0 heterocycles. The first-order chi connectivity index (χ1) is 11.4. The van der Waals surface area contributed by atoms with Crippen molar-refractivity contribution in [2.24, 2.45) is 5.11 Å². The highest BCUT2D eigenvalue weighted by molar-refractivity contribution is 9.10. The van der Waals surface area contributed by atoms with Crippen LogP contribution >= 0.6 is 27.7 Å². The molecule has 0 N–H and O–H groups in total. The monoisotopic (exact) mass is 417 g/mol. The van der Waals surface area contributed by atoms with Gasteiger partial charge in [-0.1, -0.05) is 20.3 Å². The minimum atomic E-state index is -1.01. The quantitative estimate of drug-likeness (QED) is 0.144. The molecule has 1 aromatic rings. The number of ether oxygens (including phenoxy) is 1. The normalized spacial score (nSPS) is 11.5. The molecule has 0 saturated carbocycles. The van der Waals surface area contributed by atoms with Crippen molar-refractivity contribution < 1.29 is 18.7 Å². The van der Waals surface area contributed by atoms with Crippen LogP contribution in [0.5, 0.6) is 0 Å². The fraction of sp³-hybridized carbons (Fsp3) is 0.467. The number of thioether (sulfide) groups is 1. The standard InChI is InChI=1S/C15H17BrFN3O3S/c1-3-5-6-23-15(22)12(4-2)24-13-7-9(14(21)19-20-18)11(17)8-10(13)16/h7-8,12H,3-6H2,1-2H3. The van der Waals surface area contributed by atoms with Gasteiger partial charge in [-0.25, -0.2) is 4.39 Å². The van der Waals surface area contributed by atoms with E-state index in [1.807, 2.05) is 13.8 Å². The van der Waals surface area contributed by atoms with E-state index >= 15 is 0 Å². The van der Waals surface area contributed by atoms with Crippen molar-refractivity contribution in [3.05, 3.63) is 38.4 Å². The summed E-state index contributed by atoms with van der Waals surface area (Å²) in [6, 6.07) is 2.38. The van der Waals surface area contributed by atoms with E-state index in [1.54, 1.807) is 0 Å². The molecule has 6 nitrogen and oxygen atoms in total. The fourth-order valence-electron chi connectivity index (χ4n) is 1.74. The van der Waals surface area contributed by atoms with Crippen LogP contribution in [-0.4, -0.2) is 23.7 Å². The Hall–Kier alpha value is -1.57. The van der Waals surface area contributed by atoms with E-state index < -0.39 is 17.0 Å². The second-order valence-electron chi connectivity index (χ2n) is 4.79. The number of carbonyl (C=O) groups is 2. The Balaban J connectivity index is 2.99. The zero-order chi connectivity index (χ0) is 18.1. The van der Waals surface area contributed by atoms with Crippen molar-refractivity contribution in [3.8, 4) is 0 Å². The SMILES string of the molecule is CCCCOC(=O)C(CC)Sc1cc(C(=O)N=[N+]=[N-])c(F)cc1Br. The number of carbonyl (C=O) groups excluding carboxylic acids is 2. The number of hydrogen-bond acceptors (Lipinski definition) is 4. The molecule has 9 heteroatoms. The van der Waals surface area contributed by atoms with Crippen LogP contribution < -0.4 is 0 Å². The van der Waals surface area contributed by atoms with Gasteiger partial charge in [-0.2, -0.15) is 0 Å². The van der Waals surface area contributed by atoms with E-state index in [4.69, 9.17) is 10.3 Å². The summed E-state index contributed by atoms with van der Waals surface area (Å²) in [7, 11) is 0. The molecule has 0 aromatic heterocycles. The predicted octanol–water partition coefficient (Wildman–Crippen LogP) is 5.25. The zero-order valence-corrected chi connectivity index (χ0v) is 15.7. The molecule has 1 rings (SSSR count). The highest BCUT2D eigenvalue weighted by atomic mass is 79.9. The Morgan fingerprint density at radius 2 is 2.17 bits per heavy atom. The van der Waals surface area contributed by atoms with Crippen LogP contribution in [0.1, 0.15) is 43.5 Å². The number of benzene rings is 1. The third-order valence-corrected chi connectivity index (χ3v) is 5.35. The topological polar surface area (TPSA) is 92.1 Å². The lowest BCUT2D eigenvalue weighted by molar-refractivity contribution is -0.143. The summed E-state index contributed by atoms with van der Waals surface area (Å²) in [5.41, 5.74) is 7.97. The number of nitrogens with zero attached hydrogens (tertiary/aromatic N) is 3. The van der Waals surface area contributed by atoms with Gasteiger partial charge in [-0.3, -0.25) is 9.59 Å². The molecule has 1 unspecified atom stereocenters. The molecule has 0 fully saturated rings. The molecule has 130 valence electrons. The van der Waals surface area contributed by atoms with Crippen LogP contribution in [0.15, 0.2) is 26.6 Å². The molecule has 24 heavy (non-hydrogen) atoms. The molecular weight excluding hydrogens is 401 g/mol. The van der Waals surface area contributed by atoms with Gasteiger partial charge < -0.3 is 4.74 Å². The molecule has 0 bridgehead atoms. The second kappa shape index (κ2) is 10.3. The zero-order valence-electron chi connectivity index (χ0n) is 13.3. The fourth-order valence-corrected chi connectivity index (χ4v) is 3.33. The molecular formula is C15H17BrFN3O3S. The van der Waals surface area contributed by atoms with E-state index in [-0.39, 0.29) is 11.5 Å². The summed E-state index contributed by atoms with van der Waals surface area (Å²) in [4.78, 5) is 26.6. The van der Waals surface area contributed by atoms with E-state index in [0.29, 0.717) is 22.4 Å². The molecule has 0 spiro atoms. The molecule has 1 aromatic carbocycles. The van der Waals surface area contributed by atoms with Crippen LogP contribution in [0.25, 0.3) is 10.4 Å². The van der Waals surface area contributed by atoms with E-state index in [2.05, 4.69) is 26.0 Å². The van der Waals surface area contributed by atoms with Crippen LogP contribution in [-0.2, 0) is 9.53 Å². The molecule has 0 radical (unpaired) electrons. The Morgan fingerprint density at radius 1 is 1.46 bits per heavy atom. The third-order valence-electron chi connectivity index (χ3n) is 3.03.